The van der Waals surface area contributed by atoms with Gasteiger partial charge in [0.15, 0.2) is 0 Å². The van der Waals surface area contributed by atoms with Gasteiger partial charge in [0.25, 0.3) is 5.91 Å². The van der Waals surface area contributed by atoms with Crippen molar-refractivity contribution in [2.45, 2.75) is 6.61 Å². The number of hydrazone groups is 1. The zero-order valence-electron chi connectivity index (χ0n) is 15.0. The van der Waals surface area contributed by atoms with Crippen molar-refractivity contribution in [3.63, 3.8) is 0 Å². The number of methoxy groups -OCH3 is 1. The molecule has 1 amide bonds. The van der Waals surface area contributed by atoms with Gasteiger partial charge in [0.1, 0.15) is 18.1 Å². The zero-order valence-corrected chi connectivity index (χ0v) is 15.0. The maximum atomic E-state index is 12.2. The molecule has 3 rings (SSSR count). The quantitative estimate of drug-likeness (QED) is 0.511. The van der Waals surface area contributed by atoms with Crippen molar-refractivity contribution in [1.29, 1.82) is 0 Å². The molecule has 0 spiro atoms. The molecular formula is C22H20N2O3. The van der Waals surface area contributed by atoms with E-state index in [9.17, 15) is 4.79 Å². The zero-order chi connectivity index (χ0) is 18.9. The van der Waals surface area contributed by atoms with Crippen molar-refractivity contribution in [1.82, 2.24) is 5.43 Å². The van der Waals surface area contributed by atoms with Crippen molar-refractivity contribution in [2.24, 2.45) is 5.10 Å². The minimum atomic E-state index is -0.296. The third kappa shape index (κ3) is 5.19. The smallest absolute Gasteiger partial charge is 0.271 e. The molecule has 0 atom stereocenters. The highest BCUT2D eigenvalue weighted by atomic mass is 16.5. The van der Waals surface area contributed by atoms with E-state index < -0.39 is 0 Å². The Kier molecular flexibility index (Phi) is 6.20. The summed E-state index contributed by atoms with van der Waals surface area (Å²) in [7, 11) is 1.59. The lowest BCUT2D eigenvalue weighted by molar-refractivity contribution is 0.0955. The van der Waals surface area contributed by atoms with Crippen LogP contribution in [0.2, 0.25) is 0 Å². The van der Waals surface area contributed by atoms with E-state index in [1.54, 1.807) is 37.6 Å². The van der Waals surface area contributed by atoms with Crippen LogP contribution < -0.4 is 14.9 Å². The number of carbonyl (C=O) groups excluding carboxylic acids is 1. The number of amides is 1. The van der Waals surface area contributed by atoms with Crippen LogP contribution in [-0.4, -0.2) is 19.2 Å². The standard InChI is InChI=1S/C22H20N2O3/c1-26-21-10-6-5-9-19(21)15-23-24-22(25)18-11-13-20(14-12-18)27-16-17-7-3-2-4-8-17/h2-15H,16H2,1H3,(H,24,25)/b23-15-. The molecule has 0 heterocycles. The third-order valence-corrected chi connectivity index (χ3v) is 3.87. The summed E-state index contributed by atoms with van der Waals surface area (Å²) in [6.45, 7) is 0.482. The maximum absolute atomic E-state index is 12.2. The monoisotopic (exact) mass is 360 g/mol. The van der Waals surface area contributed by atoms with Crippen LogP contribution in [-0.2, 0) is 6.61 Å². The average molecular weight is 360 g/mol. The number of ether oxygens (including phenoxy) is 2. The van der Waals surface area contributed by atoms with E-state index in [4.69, 9.17) is 9.47 Å². The Morgan fingerprint density at radius 2 is 1.67 bits per heavy atom. The average Bonchev–Trinajstić information content (AvgIpc) is 2.73. The van der Waals surface area contributed by atoms with Crippen molar-refractivity contribution in [3.8, 4) is 11.5 Å². The highest BCUT2D eigenvalue weighted by Gasteiger charge is 2.05. The summed E-state index contributed by atoms with van der Waals surface area (Å²) in [5.74, 6) is 1.10. The first kappa shape index (κ1) is 18.2. The molecule has 27 heavy (non-hydrogen) atoms. The van der Waals surface area contributed by atoms with E-state index in [1.807, 2.05) is 54.6 Å². The van der Waals surface area contributed by atoms with Gasteiger partial charge in [-0.3, -0.25) is 4.79 Å². The lowest BCUT2D eigenvalue weighted by Crippen LogP contribution is -2.17. The van der Waals surface area contributed by atoms with Gasteiger partial charge in [-0.1, -0.05) is 42.5 Å². The van der Waals surface area contributed by atoms with Gasteiger partial charge in [-0.25, -0.2) is 5.43 Å². The van der Waals surface area contributed by atoms with Crippen molar-refractivity contribution in [2.75, 3.05) is 7.11 Å². The van der Waals surface area contributed by atoms with Crippen molar-refractivity contribution in [3.05, 3.63) is 95.6 Å². The molecule has 0 saturated heterocycles. The van der Waals surface area contributed by atoms with E-state index >= 15 is 0 Å². The normalized spacial score (nSPS) is 10.6. The number of hydrogen-bond donors (Lipinski definition) is 1. The van der Waals surface area contributed by atoms with Crippen LogP contribution in [0.4, 0.5) is 0 Å². The lowest BCUT2D eigenvalue weighted by Gasteiger charge is -2.07. The second-order valence-corrected chi connectivity index (χ2v) is 5.74. The summed E-state index contributed by atoms with van der Waals surface area (Å²) >= 11 is 0. The summed E-state index contributed by atoms with van der Waals surface area (Å²) in [6.07, 6.45) is 1.55. The van der Waals surface area contributed by atoms with Gasteiger partial charge in [0.2, 0.25) is 0 Å². The van der Waals surface area contributed by atoms with Gasteiger partial charge in [-0.2, -0.15) is 5.10 Å². The Labute approximate surface area is 158 Å². The summed E-state index contributed by atoms with van der Waals surface area (Å²) in [5.41, 5.74) is 4.88. The maximum Gasteiger partial charge on any atom is 0.271 e. The highest BCUT2D eigenvalue weighted by Crippen LogP contribution is 2.15. The van der Waals surface area contributed by atoms with Crippen LogP contribution in [0.25, 0.3) is 0 Å². The minimum absolute atomic E-state index is 0.296. The molecule has 0 saturated carbocycles. The van der Waals surface area contributed by atoms with Crippen LogP contribution in [0.5, 0.6) is 11.5 Å². The molecule has 0 aromatic heterocycles. The molecule has 1 N–H and O–H groups in total. The molecule has 0 bridgehead atoms. The second-order valence-electron chi connectivity index (χ2n) is 5.74. The molecule has 0 aliphatic heterocycles. The van der Waals surface area contributed by atoms with Gasteiger partial charge < -0.3 is 9.47 Å². The van der Waals surface area contributed by atoms with Crippen molar-refractivity contribution < 1.29 is 14.3 Å². The van der Waals surface area contributed by atoms with Crippen LogP contribution in [0.1, 0.15) is 21.5 Å². The van der Waals surface area contributed by atoms with Crippen LogP contribution >= 0.6 is 0 Å². The fourth-order valence-corrected chi connectivity index (χ4v) is 2.44. The number of carbonyl (C=O) groups is 1. The van der Waals surface area contributed by atoms with E-state index in [1.165, 1.54) is 0 Å². The summed E-state index contributed by atoms with van der Waals surface area (Å²) in [4.78, 5) is 12.2. The van der Waals surface area contributed by atoms with Crippen LogP contribution in [0, 0.1) is 0 Å². The Hall–Kier alpha value is -3.60. The molecule has 136 valence electrons. The Morgan fingerprint density at radius 3 is 2.41 bits per heavy atom. The predicted octanol–water partition coefficient (Wildman–Crippen LogP) is 4.04. The third-order valence-electron chi connectivity index (χ3n) is 3.87. The van der Waals surface area contributed by atoms with E-state index in [0.29, 0.717) is 23.7 Å². The molecule has 5 nitrogen and oxygen atoms in total. The van der Waals surface area contributed by atoms with E-state index in [-0.39, 0.29) is 5.91 Å². The van der Waals surface area contributed by atoms with Gasteiger partial charge >= 0.3 is 0 Å². The number of benzene rings is 3. The van der Waals surface area contributed by atoms with Gasteiger partial charge in [-0.05, 0) is 42.0 Å². The molecule has 0 aliphatic carbocycles. The number of rotatable bonds is 7. The van der Waals surface area contributed by atoms with Gasteiger partial charge in [-0.15, -0.1) is 0 Å². The first-order valence-corrected chi connectivity index (χ1v) is 8.49. The SMILES string of the molecule is COc1ccccc1/C=N\NC(=O)c1ccc(OCc2ccccc2)cc1. The molecule has 3 aromatic carbocycles. The van der Waals surface area contributed by atoms with E-state index in [2.05, 4.69) is 10.5 Å². The largest absolute Gasteiger partial charge is 0.496 e. The predicted molar refractivity (Wildman–Crippen MR) is 105 cm³/mol. The minimum Gasteiger partial charge on any atom is -0.496 e. The number of para-hydroxylation sites is 1. The number of hydrogen-bond acceptors (Lipinski definition) is 4. The van der Waals surface area contributed by atoms with E-state index in [0.717, 1.165) is 11.1 Å². The summed E-state index contributed by atoms with van der Waals surface area (Å²) < 4.78 is 11.0. The van der Waals surface area contributed by atoms with Crippen LogP contribution in [0.3, 0.4) is 0 Å². The summed E-state index contributed by atoms with van der Waals surface area (Å²) in [6, 6.07) is 24.3. The fourth-order valence-electron chi connectivity index (χ4n) is 2.44. The fraction of sp³-hybridized carbons (Fsp3) is 0.0909. The number of nitrogens with zero attached hydrogens (tertiary/aromatic N) is 1. The Bertz CT molecular complexity index is 906. The second kappa shape index (κ2) is 9.20. The molecule has 3 aromatic rings. The number of nitrogens with one attached hydrogen (secondary N) is 1. The molecule has 0 radical (unpaired) electrons. The Morgan fingerprint density at radius 1 is 0.963 bits per heavy atom. The summed E-state index contributed by atoms with van der Waals surface area (Å²) in [5, 5.41) is 3.99. The molecule has 0 aliphatic rings. The molecular weight excluding hydrogens is 340 g/mol. The Balaban J connectivity index is 1.55. The van der Waals surface area contributed by atoms with Gasteiger partial charge in [0, 0.05) is 11.1 Å². The lowest BCUT2D eigenvalue weighted by atomic mass is 10.2. The van der Waals surface area contributed by atoms with Gasteiger partial charge in [0.05, 0.1) is 13.3 Å². The highest BCUT2D eigenvalue weighted by molar-refractivity contribution is 5.95. The first-order valence-electron chi connectivity index (χ1n) is 8.49. The van der Waals surface area contributed by atoms with Crippen LogP contribution in [0.15, 0.2) is 84.0 Å². The van der Waals surface area contributed by atoms with Crippen molar-refractivity contribution >= 4 is 12.1 Å². The first-order chi connectivity index (χ1) is 13.3. The molecule has 5 heteroatoms. The molecule has 0 fully saturated rings. The molecule has 0 unspecified atom stereocenters. The topological polar surface area (TPSA) is 59.9 Å².